The first-order chi connectivity index (χ1) is 11.1. The Hall–Kier alpha value is -2.56. The maximum atomic E-state index is 13.8. The Morgan fingerprint density at radius 3 is 2.83 bits per heavy atom. The van der Waals surface area contributed by atoms with E-state index in [2.05, 4.69) is 5.32 Å². The van der Waals surface area contributed by atoms with Gasteiger partial charge in [0.2, 0.25) is 6.79 Å². The molecular weight excluding hydrogens is 297 g/mol. The summed E-state index contributed by atoms with van der Waals surface area (Å²) in [6.45, 7) is 2.16. The van der Waals surface area contributed by atoms with Crippen molar-refractivity contribution < 1.29 is 18.7 Å². The van der Waals surface area contributed by atoms with Crippen LogP contribution in [0, 0.1) is 5.82 Å². The Balaban J connectivity index is 1.71. The van der Waals surface area contributed by atoms with Gasteiger partial charge < -0.3 is 14.8 Å². The van der Waals surface area contributed by atoms with Crippen molar-refractivity contribution in [1.82, 2.24) is 0 Å². The molecule has 0 fully saturated rings. The molecule has 0 bridgehead atoms. The summed E-state index contributed by atoms with van der Waals surface area (Å²) in [6.07, 6.45) is 0.544. The molecule has 0 saturated carbocycles. The van der Waals surface area contributed by atoms with Crippen molar-refractivity contribution in [3.05, 3.63) is 52.8 Å². The van der Waals surface area contributed by atoms with Crippen LogP contribution in [-0.4, -0.2) is 18.6 Å². The number of hydrogen-bond donors (Lipinski definition) is 1. The zero-order chi connectivity index (χ0) is 15.8. The first-order valence-corrected chi connectivity index (χ1v) is 7.63. The van der Waals surface area contributed by atoms with Gasteiger partial charge >= 0.3 is 0 Å². The lowest BCUT2D eigenvalue weighted by atomic mass is 9.74. The summed E-state index contributed by atoms with van der Waals surface area (Å²) < 4.78 is 24.6. The van der Waals surface area contributed by atoms with Gasteiger partial charge in [0.05, 0.1) is 5.41 Å². The van der Waals surface area contributed by atoms with Crippen LogP contribution in [0.3, 0.4) is 0 Å². The standard InChI is InChI=1S/C18H14FNO3/c1-9-18(13-5-11(19)2-3-14(13)20-9)7-10-4-15-16(23-8-22-15)6-12(10)17(18)21/h2-6,9,20H,7-8H2,1H3/t9-,18+/m0/s1. The number of anilines is 1. The number of ketones is 1. The van der Waals surface area contributed by atoms with Gasteiger partial charge in [0.15, 0.2) is 17.3 Å². The molecule has 5 rings (SSSR count). The van der Waals surface area contributed by atoms with Gasteiger partial charge in [-0.2, -0.15) is 0 Å². The molecule has 2 heterocycles. The molecule has 2 aromatic rings. The number of halogens is 1. The van der Waals surface area contributed by atoms with Crippen molar-refractivity contribution in [3.63, 3.8) is 0 Å². The van der Waals surface area contributed by atoms with Crippen molar-refractivity contribution in [2.75, 3.05) is 12.1 Å². The molecule has 116 valence electrons. The Morgan fingerprint density at radius 2 is 2.00 bits per heavy atom. The lowest BCUT2D eigenvalue weighted by molar-refractivity contribution is 0.0896. The summed E-state index contributed by atoms with van der Waals surface area (Å²) in [5, 5.41) is 3.33. The molecular formula is C18H14FNO3. The number of Topliss-reactive ketones (excluding diaryl/α,β-unsaturated/α-hetero) is 1. The Bertz CT molecular complexity index is 879. The maximum Gasteiger partial charge on any atom is 0.231 e. The number of benzene rings is 2. The molecule has 5 heteroatoms. The highest BCUT2D eigenvalue weighted by atomic mass is 19.1. The van der Waals surface area contributed by atoms with Crippen LogP contribution in [0.25, 0.3) is 0 Å². The lowest BCUT2D eigenvalue weighted by Gasteiger charge is -2.27. The first kappa shape index (κ1) is 12.9. The van der Waals surface area contributed by atoms with E-state index in [0.29, 0.717) is 23.5 Å². The highest BCUT2D eigenvalue weighted by Gasteiger charge is 2.55. The second-order valence-corrected chi connectivity index (χ2v) is 6.40. The third-order valence-electron chi connectivity index (χ3n) is 5.29. The van der Waals surface area contributed by atoms with Gasteiger partial charge in [0, 0.05) is 17.3 Å². The number of hydrogen-bond acceptors (Lipinski definition) is 4. The van der Waals surface area contributed by atoms with E-state index in [1.807, 2.05) is 13.0 Å². The summed E-state index contributed by atoms with van der Waals surface area (Å²) >= 11 is 0. The third-order valence-corrected chi connectivity index (χ3v) is 5.29. The number of ether oxygens (including phenoxy) is 2. The monoisotopic (exact) mass is 311 g/mol. The van der Waals surface area contributed by atoms with Crippen LogP contribution in [0.15, 0.2) is 30.3 Å². The molecule has 4 nitrogen and oxygen atoms in total. The molecule has 2 aromatic carbocycles. The highest BCUT2D eigenvalue weighted by Crippen LogP contribution is 2.51. The molecule has 3 aliphatic rings. The van der Waals surface area contributed by atoms with Gasteiger partial charge in [0.25, 0.3) is 0 Å². The van der Waals surface area contributed by atoms with Crippen LogP contribution >= 0.6 is 0 Å². The maximum absolute atomic E-state index is 13.8. The van der Waals surface area contributed by atoms with E-state index in [9.17, 15) is 9.18 Å². The predicted molar refractivity (Wildman–Crippen MR) is 81.8 cm³/mol. The van der Waals surface area contributed by atoms with E-state index >= 15 is 0 Å². The summed E-state index contributed by atoms with van der Waals surface area (Å²) in [4.78, 5) is 13.2. The fourth-order valence-electron chi connectivity index (χ4n) is 4.13. The molecule has 23 heavy (non-hydrogen) atoms. The Kier molecular flexibility index (Phi) is 2.27. The highest BCUT2D eigenvalue weighted by molar-refractivity contribution is 6.11. The summed E-state index contributed by atoms with van der Waals surface area (Å²) in [6, 6.07) is 8.15. The van der Waals surface area contributed by atoms with Gasteiger partial charge in [-0.1, -0.05) is 0 Å². The normalized spacial score (nSPS) is 26.3. The minimum atomic E-state index is -0.755. The zero-order valence-electron chi connectivity index (χ0n) is 12.5. The smallest absolute Gasteiger partial charge is 0.231 e. The van der Waals surface area contributed by atoms with Crippen molar-refractivity contribution >= 4 is 11.5 Å². The quantitative estimate of drug-likeness (QED) is 0.812. The SMILES string of the molecule is C[C@@H]1Nc2ccc(F)cc2[C@@]12Cc1cc3c(cc1C2=O)OCO3. The van der Waals surface area contributed by atoms with E-state index in [1.54, 1.807) is 12.1 Å². The molecule has 0 aromatic heterocycles. The molecule has 0 amide bonds. The summed E-state index contributed by atoms with van der Waals surface area (Å²) in [5.74, 6) is 0.978. The van der Waals surface area contributed by atoms with Crippen LogP contribution in [0.2, 0.25) is 0 Å². The third kappa shape index (κ3) is 1.47. The number of carbonyl (C=O) groups excluding carboxylic acids is 1. The van der Waals surface area contributed by atoms with Gasteiger partial charge in [-0.3, -0.25) is 4.79 Å². The molecule has 0 unspecified atom stereocenters. The molecule has 2 aliphatic heterocycles. The van der Waals surface area contributed by atoms with E-state index in [0.717, 1.165) is 16.8 Å². The van der Waals surface area contributed by atoms with Crippen LogP contribution < -0.4 is 14.8 Å². The van der Waals surface area contributed by atoms with Crippen molar-refractivity contribution in [3.8, 4) is 11.5 Å². The molecule has 1 aliphatic carbocycles. The van der Waals surface area contributed by atoms with Crippen molar-refractivity contribution in [1.29, 1.82) is 0 Å². The van der Waals surface area contributed by atoms with Crippen LogP contribution in [0.5, 0.6) is 11.5 Å². The second kappa shape index (κ2) is 4.04. The Morgan fingerprint density at radius 1 is 1.22 bits per heavy atom. The average molecular weight is 311 g/mol. The van der Waals surface area contributed by atoms with Crippen LogP contribution in [0.4, 0.5) is 10.1 Å². The lowest BCUT2D eigenvalue weighted by Crippen LogP contribution is -2.42. The number of nitrogens with one attached hydrogen (secondary N) is 1. The van der Waals surface area contributed by atoms with Gasteiger partial charge in [0.1, 0.15) is 5.82 Å². The Labute approximate surface area is 132 Å². The predicted octanol–water partition coefficient (Wildman–Crippen LogP) is 3.05. The second-order valence-electron chi connectivity index (χ2n) is 6.40. The van der Waals surface area contributed by atoms with Gasteiger partial charge in [-0.15, -0.1) is 0 Å². The first-order valence-electron chi connectivity index (χ1n) is 7.63. The summed E-state index contributed by atoms with van der Waals surface area (Å²) in [7, 11) is 0. The number of carbonyl (C=O) groups is 1. The minimum Gasteiger partial charge on any atom is -0.454 e. The molecule has 1 spiro atoms. The number of rotatable bonds is 0. The van der Waals surface area contributed by atoms with E-state index in [1.165, 1.54) is 12.1 Å². The van der Waals surface area contributed by atoms with Gasteiger partial charge in [-0.05, 0) is 54.8 Å². The van der Waals surface area contributed by atoms with Crippen molar-refractivity contribution in [2.45, 2.75) is 24.8 Å². The fraction of sp³-hybridized carbons (Fsp3) is 0.278. The van der Waals surface area contributed by atoms with Crippen LogP contribution in [0.1, 0.15) is 28.4 Å². The van der Waals surface area contributed by atoms with E-state index in [-0.39, 0.29) is 24.4 Å². The van der Waals surface area contributed by atoms with Gasteiger partial charge in [-0.25, -0.2) is 4.39 Å². The average Bonchev–Trinajstić information content (AvgIpc) is 3.17. The van der Waals surface area contributed by atoms with E-state index in [4.69, 9.17) is 9.47 Å². The molecule has 0 saturated heterocycles. The largest absolute Gasteiger partial charge is 0.454 e. The summed E-state index contributed by atoms with van der Waals surface area (Å²) in [5.41, 5.74) is 2.41. The minimum absolute atomic E-state index is 0.0233. The fourth-order valence-corrected chi connectivity index (χ4v) is 4.13. The topological polar surface area (TPSA) is 47.6 Å². The zero-order valence-corrected chi connectivity index (χ0v) is 12.5. The van der Waals surface area contributed by atoms with Crippen molar-refractivity contribution in [2.24, 2.45) is 0 Å². The molecule has 0 radical (unpaired) electrons. The number of fused-ring (bicyclic) bond motifs is 4. The molecule has 1 N–H and O–H groups in total. The van der Waals surface area contributed by atoms with Crippen LogP contribution in [-0.2, 0) is 11.8 Å². The van der Waals surface area contributed by atoms with E-state index < -0.39 is 5.41 Å². The molecule has 2 atom stereocenters.